The molecule has 1 aromatic carbocycles. The van der Waals surface area contributed by atoms with E-state index in [-0.39, 0.29) is 24.3 Å². The number of aliphatic imine (C=N–C) groups is 1. The minimum Gasteiger partial charge on any atom is -0.393 e. The third kappa shape index (κ3) is 5.88. The third-order valence-electron chi connectivity index (χ3n) is 4.17. The average Bonchev–Trinajstić information content (AvgIpc) is 2.55. The molecular formula is C17H23F4N3O. The van der Waals surface area contributed by atoms with Crippen LogP contribution in [0, 0.1) is 5.82 Å². The highest BCUT2D eigenvalue weighted by molar-refractivity contribution is 5.80. The lowest BCUT2D eigenvalue weighted by Crippen LogP contribution is -2.45. The smallest absolute Gasteiger partial charge is 0.393 e. The molecule has 0 atom stereocenters. The summed E-state index contributed by atoms with van der Waals surface area (Å²) in [6, 6.07) is 2.73. The molecule has 0 bridgehead atoms. The van der Waals surface area contributed by atoms with Gasteiger partial charge >= 0.3 is 6.18 Å². The zero-order chi connectivity index (χ0) is 18.4. The quantitative estimate of drug-likeness (QED) is 0.439. The molecule has 0 aliphatic heterocycles. The fourth-order valence-corrected chi connectivity index (χ4v) is 2.85. The number of aliphatic hydroxyl groups is 1. The van der Waals surface area contributed by atoms with Gasteiger partial charge in [-0.3, -0.25) is 0 Å². The molecule has 3 N–H and O–H groups in total. The molecule has 0 radical (unpaired) electrons. The van der Waals surface area contributed by atoms with Crippen molar-refractivity contribution in [3.8, 4) is 0 Å². The number of halogens is 4. The van der Waals surface area contributed by atoms with Gasteiger partial charge in [-0.25, -0.2) is 9.38 Å². The van der Waals surface area contributed by atoms with E-state index in [9.17, 15) is 22.7 Å². The molecule has 0 heterocycles. The van der Waals surface area contributed by atoms with Gasteiger partial charge in [0.05, 0.1) is 18.2 Å². The number of nitrogens with zero attached hydrogens (tertiary/aromatic N) is 1. The van der Waals surface area contributed by atoms with Crippen molar-refractivity contribution in [2.75, 3.05) is 6.54 Å². The second-order valence-electron chi connectivity index (χ2n) is 6.14. The van der Waals surface area contributed by atoms with E-state index in [1.54, 1.807) is 0 Å². The normalized spacial score (nSPS) is 21.9. The number of nitrogens with one attached hydrogen (secondary N) is 2. The summed E-state index contributed by atoms with van der Waals surface area (Å²) in [5.41, 5.74) is -1.09. The standard InChI is InChI=1S/C17H23F4N3O/c1-2-22-16(24-13-5-7-14(25)8-6-13)23-10-11-3-4-12(18)9-15(11)17(19,20)21/h3-4,9,13-14,25H,2,5-8,10H2,1H3,(H2,22,23,24). The van der Waals surface area contributed by atoms with Gasteiger partial charge in [-0.15, -0.1) is 0 Å². The van der Waals surface area contributed by atoms with Gasteiger partial charge in [0.25, 0.3) is 0 Å². The van der Waals surface area contributed by atoms with Crippen LogP contribution in [0.3, 0.4) is 0 Å². The van der Waals surface area contributed by atoms with E-state index in [2.05, 4.69) is 15.6 Å². The molecule has 1 fully saturated rings. The van der Waals surface area contributed by atoms with Crippen molar-refractivity contribution in [3.63, 3.8) is 0 Å². The molecule has 1 aromatic rings. The second kappa shape index (κ2) is 8.51. The molecule has 1 aliphatic carbocycles. The lowest BCUT2D eigenvalue weighted by atomic mass is 9.93. The van der Waals surface area contributed by atoms with Gasteiger partial charge < -0.3 is 15.7 Å². The summed E-state index contributed by atoms with van der Waals surface area (Å²) < 4.78 is 52.3. The lowest BCUT2D eigenvalue weighted by Gasteiger charge is -2.27. The molecule has 0 aromatic heterocycles. The maximum atomic E-state index is 13.2. The summed E-state index contributed by atoms with van der Waals surface area (Å²) in [6.07, 6.45) is -1.99. The molecule has 1 saturated carbocycles. The number of benzene rings is 1. The Kier molecular flexibility index (Phi) is 6.64. The molecule has 0 amide bonds. The summed E-state index contributed by atoms with van der Waals surface area (Å²) in [7, 11) is 0. The van der Waals surface area contributed by atoms with Crippen molar-refractivity contribution in [1.82, 2.24) is 10.6 Å². The van der Waals surface area contributed by atoms with Crippen LogP contribution in [-0.4, -0.2) is 29.8 Å². The molecule has 2 rings (SSSR count). The third-order valence-corrected chi connectivity index (χ3v) is 4.17. The van der Waals surface area contributed by atoms with Crippen molar-refractivity contribution in [2.45, 2.75) is 57.5 Å². The van der Waals surface area contributed by atoms with Crippen molar-refractivity contribution < 1.29 is 22.7 Å². The predicted molar refractivity (Wildman–Crippen MR) is 87.6 cm³/mol. The molecule has 0 saturated heterocycles. The Bertz CT molecular complexity index is 596. The van der Waals surface area contributed by atoms with E-state index in [0.29, 0.717) is 31.4 Å². The van der Waals surface area contributed by atoms with E-state index < -0.39 is 17.6 Å². The molecule has 8 heteroatoms. The Morgan fingerprint density at radius 1 is 1.24 bits per heavy atom. The van der Waals surface area contributed by atoms with Crippen LogP contribution >= 0.6 is 0 Å². The summed E-state index contributed by atoms with van der Waals surface area (Å²) in [4.78, 5) is 4.21. The Morgan fingerprint density at radius 3 is 2.52 bits per heavy atom. The summed E-state index contributed by atoms with van der Waals surface area (Å²) >= 11 is 0. The van der Waals surface area contributed by atoms with Crippen LogP contribution in [0.5, 0.6) is 0 Å². The van der Waals surface area contributed by atoms with Crippen molar-refractivity contribution in [2.24, 2.45) is 4.99 Å². The molecule has 140 valence electrons. The summed E-state index contributed by atoms with van der Waals surface area (Å²) in [6.45, 7) is 2.22. The monoisotopic (exact) mass is 361 g/mol. The van der Waals surface area contributed by atoms with Gasteiger partial charge in [0, 0.05) is 12.6 Å². The molecule has 1 aliphatic rings. The first-order valence-corrected chi connectivity index (χ1v) is 8.38. The Hall–Kier alpha value is -1.83. The topological polar surface area (TPSA) is 56.7 Å². The van der Waals surface area contributed by atoms with Gasteiger partial charge in [0.15, 0.2) is 5.96 Å². The van der Waals surface area contributed by atoms with Gasteiger partial charge in [-0.05, 0) is 50.3 Å². The fraction of sp³-hybridized carbons (Fsp3) is 0.588. The fourth-order valence-electron chi connectivity index (χ4n) is 2.85. The Morgan fingerprint density at radius 2 is 1.92 bits per heavy atom. The second-order valence-corrected chi connectivity index (χ2v) is 6.14. The van der Waals surface area contributed by atoms with Gasteiger partial charge in [-0.1, -0.05) is 6.07 Å². The van der Waals surface area contributed by atoms with Crippen molar-refractivity contribution in [3.05, 3.63) is 35.1 Å². The van der Waals surface area contributed by atoms with E-state index in [1.807, 2.05) is 6.92 Å². The largest absolute Gasteiger partial charge is 0.416 e. The first-order chi connectivity index (χ1) is 11.8. The van der Waals surface area contributed by atoms with Crippen LogP contribution in [0.15, 0.2) is 23.2 Å². The highest BCUT2D eigenvalue weighted by Gasteiger charge is 2.33. The Balaban J connectivity index is 2.11. The van der Waals surface area contributed by atoms with E-state index >= 15 is 0 Å². The van der Waals surface area contributed by atoms with Crippen molar-refractivity contribution in [1.29, 1.82) is 0 Å². The number of hydrogen-bond donors (Lipinski definition) is 3. The van der Waals surface area contributed by atoms with E-state index in [4.69, 9.17) is 0 Å². The number of rotatable bonds is 4. The highest BCUT2D eigenvalue weighted by atomic mass is 19.4. The average molecular weight is 361 g/mol. The highest BCUT2D eigenvalue weighted by Crippen LogP contribution is 2.32. The Labute approximate surface area is 144 Å². The van der Waals surface area contributed by atoms with Crippen LogP contribution in [0.2, 0.25) is 0 Å². The number of hydrogen-bond acceptors (Lipinski definition) is 2. The minimum absolute atomic E-state index is 0.0785. The number of alkyl halides is 3. The van der Waals surface area contributed by atoms with Crippen LogP contribution < -0.4 is 10.6 Å². The first-order valence-electron chi connectivity index (χ1n) is 8.38. The first kappa shape index (κ1) is 19.5. The molecule has 0 unspecified atom stereocenters. The van der Waals surface area contributed by atoms with E-state index in [0.717, 1.165) is 25.0 Å². The number of aliphatic hydroxyl groups excluding tert-OH is 1. The SMILES string of the molecule is CCNC(=NCc1ccc(F)cc1C(F)(F)F)NC1CCC(O)CC1. The zero-order valence-corrected chi connectivity index (χ0v) is 14.0. The maximum absolute atomic E-state index is 13.2. The minimum atomic E-state index is -4.63. The zero-order valence-electron chi connectivity index (χ0n) is 14.0. The van der Waals surface area contributed by atoms with Crippen LogP contribution in [0.1, 0.15) is 43.7 Å². The van der Waals surface area contributed by atoms with Crippen LogP contribution in [0.4, 0.5) is 17.6 Å². The van der Waals surface area contributed by atoms with Gasteiger partial charge in [-0.2, -0.15) is 13.2 Å². The van der Waals surface area contributed by atoms with E-state index in [1.165, 1.54) is 0 Å². The van der Waals surface area contributed by atoms with Crippen LogP contribution in [-0.2, 0) is 12.7 Å². The molecular weight excluding hydrogens is 338 g/mol. The van der Waals surface area contributed by atoms with Gasteiger partial charge in [0.1, 0.15) is 5.82 Å². The van der Waals surface area contributed by atoms with Crippen molar-refractivity contribution >= 4 is 5.96 Å². The van der Waals surface area contributed by atoms with Crippen LogP contribution in [0.25, 0.3) is 0 Å². The molecule has 25 heavy (non-hydrogen) atoms. The predicted octanol–water partition coefficient (Wildman–Crippen LogP) is 3.20. The summed E-state index contributed by atoms with van der Waals surface area (Å²) in [5.74, 6) is -0.507. The lowest BCUT2D eigenvalue weighted by molar-refractivity contribution is -0.138. The van der Waals surface area contributed by atoms with Gasteiger partial charge in [0.2, 0.25) is 0 Å². The molecule has 0 spiro atoms. The summed E-state index contributed by atoms with van der Waals surface area (Å²) in [5, 5.41) is 15.7. The number of guanidine groups is 1. The molecule has 4 nitrogen and oxygen atoms in total. The maximum Gasteiger partial charge on any atom is 0.416 e.